The van der Waals surface area contributed by atoms with E-state index in [9.17, 15) is 9.36 Å². The Kier molecular flexibility index (Phi) is 6.79. The lowest BCUT2D eigenvalue weighted by molar-refractivity contribution is -0.00853. The van der Waals surface area contributed by atoms with Crippen molar-refractivity contribution in [1.29, 1.82) is 0 Å². The van der Waals surface area contributed by atoms with Gasteiger partial charge < -0.3 is 13.8 Å². The molecule has 0 aliphatic carbocycles. The zero-order valence-electron chi connectivity index (χ0n) is 17.7. The number of ether oxygens (including phenoxy) is 1. The first-order chi connectivity index (χ1) is 11.7. The molecule has 1 aliphatic rings. The largest absolute Gasteiger partial charge is 0.444 e. The Balaban J connectivity index is 3.51. The summed E-state index contributed by atoms with van der Waals surface area (Å²) in [5.74, 6) is 0. The van der Waals surface area contributed by atoms with E-state index in [0.29, 0.717) is 6.42 Å². The van der Waals surface area contributed by atoms with E-state index in [1.54, 1.807) is 11.0 Å². The SMILES string of the molecule is C=CC[C@@]1(P(=O)(OC)OC)CN(C(=O)OC(C)(C)C)[C@@H](C(C)(C)C)N1C. The molecule has 0 aromatic rings. The van der Waals surface area contributed by atoms with E-state index in [-0.39, 0.29) is 18.1 Å². The molecule has 1 amide bonds. The quantitative estimate of drug-likeness (QED) is 0.515. The molecule has 0 N–H and O–H groups in total. The Morgan fingerprint density at radius 3 is 2.08 bits per heavy atom. The number of hydrogen-bond donors (Lipinski definition) is 0. The zero-order chi connectivity index (χ0) is 20.6. The van der Waals surface area contributed by atoms with Gasteiger partial charge in [-0.3, -0.25) is 14.4 Å². The van der Waals surface area contributed by atoms with Gasteiger partial charge in [-0.15, -0.1) is 6.58 Å². The lowest BCUT2D eigenvalue weighted by atomic mass is 9.91. The second-order valence-electron chi connectivity index (χ2n) is 8.80. The Bertz CT molecular complexity index is 573. The van der Waals surface area contributed by atoms with Gasteiger partial charge in [0.15, 0.2) is 0 Å². The molecule has 0 aromatic heterocycles. The molecule has 1 aliphatic heterocycles. The van der Waals surface area contributed by atoms with Crippen LogP contribution in [0.25, 0.3) is 0 Å². The van der Waals surface area contributed by atoms with E-state index in [4.69, 9.17) is 13.8 Å². The van der Waals surface area contributed by atoms with Gasteiger partial charge in [-0.05, 0) is 39.7 Å². The molecule has 1 saturated heterocycles. The maximum atomic E-state index is 13.5. The van der Waals surface area contributed by atoms with Crippen molar-refractivity contribution in [3.05, 3.63) is 12.7 Å². The highest BCUT2D eigenvalue weighted by molar-refractivity contribution is 7.55. The van der Waals surface area contributed by atoms with Crippen LogP contribution in [0.5, 0.6) is 0 Å². The van der Waals surface area contributed by atoms with Crippen LogP contribution in [0.1, 0.15) is 48.0 Å². The topological polar surface area (TPSA) is 68.3 Å². The van der Waals surface area contributed by atoms with Crippen molar-refractivity contribution in [1.82, 2.24) is 9.80 Å². The van der Waals surface area contributed by atoms with Gasteiger partial charge in [0.2, 0.25) is 0 Å². The molecule has 2 atom stereocenters. The fourth-order valence-corrected chi connectivity index (χ4v) is 5.69. The van der Waals surface area contributed by atoms with Crippen LogP contribution in [-0.4, -0.2) is 60.8 Å². The molecule has 1 heterocycles. The van der Waals surface area contributed by atoms with Crippen molar-refractivity contribution in [3.8, 4) is 0 Å². The van der Waals surface area contributed by atoms with Crippen LogP contribution in [0.15, 0.2) is 12.7 Å². The molecule has 26 heavy (non-hydrogen) atoms. The number of likely N-dealkylation sites (N-methyl/N-ethyl adjacent to an activating group) is 1. The first-order valence-corrected chi connectivity index (χ1v) is 10.3. The number of carbonyl (C=O) groups is 1. The summed E-state index contributed by atoms with van der Waals surface area (Å²) in [7, 11) is 1.01. The van der Waals surface area contributed by atoms with Gasteiger partial charge in [0, 0.05) is 14.2 Å². The third-order valence-electron chi connectivity index (χ3n) is 4.61. The third kappa shape index (κ3) is 4.16. The number of amides is 1. The van der Waals surface area contributed by atoms with Crippen molar-refractivity contribution < 1.29 is 23.1 Å². The van der Waals surface area contributed by atoms with E-state index in [1.165, 1.54) is 14.2 Å². The summed E-state index contributed by atoms with van der Waals surface area (Å²) >= 11 is 0. The van der Waals surface area contributed by atoms with E-state index in [1.807, 2.05) is 53.5 Å². The fourth-order valence-electron chi connectivity index (χ4n) is 3.69. The van der Waals surface area contributed by atoms with Crippen molar-refractivity contribution in [2.45, 2.75) is 65.0 Å². The monoisotopic (exact) mass is 390 g/mol. The highest BCUT2D eigenvalue weighted by Crippen LogP contribution is 2.65. The van der Waals surface area contributed by atoms with Gasteiger partial charge in [-0.2, -0.15) is 0 Å². The molecule has 7 nitrogen and oxygen atoms in total. The summed E-state index contributed by atoms with van der Waals surface area (Å²) in [6.07, 6.45) is 1.22. The van der Waals surface area contributed by atoms with Crippen molar-refractivity contribution in [2.24, 2.45) is 5.41 Å². The van der Waals surface area contributed by atoms with E-state index in [0.717, 1.165) is 0 Å². The van der Waals surface area contributed by atoms with Crippen LogP contribution in [0.4, 0.5) is 4.79 Å². The second kappa shape index (κ2) is 7.63. The summed E-state index contributed by atoms with van der Waals surface area (Å²) in [5.41, 5.74) is -0.950. The predicted octanol–water partition coefficient (Wildman–Crippen LogP) is 4.30. The zero-order valence-corrected chi connectivity index (χ0v) is 18.6. The third-order valence-corrected chi connectivity index (χ3v) is 7.23. The lowest BCUT2D eigenvalue weighted by Gasteiger charge is -2.43. The summed E-state index contributed by atoms with van der Waals surface area (Å²) in [5, 5.41) is -1.03. The van der Waals surface area contributed by atoms with Gasteiger partial charge in [0.25, 0.3) is 0 Å². The average molecular weight is 390 g/mol. The molecular weight excluding hydrogens is 355 g/mol. The number of carbonyl (C=O) groups excluding carboxylic acids is 1. The van der Waals surface area contributed by atoms with Crippen molar-refractivity contribution in [2.75, 3.05) is 27.8 Å². The van der Waals surface area contributed by atoms with Crippen molar-refractivity contribution in [3.63, 3.8) is 0 Å². The van der Waals surface area contributed by atoms with Crippen LogP contribution in [0.3, 0.4) is 0 Å². The van der Waals surface area contributed by atoms with Gasteiger partial charge in [-0.25, -0.2) is 4.79 Å². The normalized spacial score (nSPS) is 25.4. The maximum Gasteiger partial charge on any atom is 0.411 e. The molecule has 0 unspecified atom stereocenters. The Labute approximate surface area is 158 Å². The van der Waals surface area contributed by atoms with Gasteiger partial charge in [0.1, 0.15) is 10.9 Å². The molecular formula is C18H35N2O5P. The maximum absolute atomic E-state index is 13.5. The second-order valence-corrected chi connectivity index (χ2v) is 11.4. The highest BCUT2D eigenvalue weighted by atomic mass is 31.2. The Morgan fingerprint density at radius 1 is 1.23 bits per heavy atom. The van der Waals surface area contributed by atoms with E-state index >= 15 is 0 Å². The molecule has 1 fully saturated rings. The summed E-state index contributed by atoms with van der Waals surface area (Å²) in [4.78, 5) is 16.5. The first-order valence-electron chi connectivity index (χ1n) is 8.74. The minimum Gasteiger partial charge on any atom is -0.444 e. The minimum atomic E-state index is -3.56. The van der Waals surface area contributed by atoms with Crippen molar-refractivity contribution >= 4 is 13.7 Å². The molecule has 1 rings (SSSR count). The molecule has 0 saturated carbocycles. The smallest absolute Gasteiger partial charge is 0.411 e. The Morgan fingerprint density at radius 2 is 1.73 bits per heavy atom. The summed E-state index contributed by atoms with van der Waals surface area (Å²) < 4.78 is 29.8. The number of rotatable bonds is 5. The molecule has 0 radical (unpaired) electrons. The van der Waals surface area contributed by atoms with Gasteiger partial charge in [0.05, 0.1) is 12.7 Å². The molecule has 0 aromatic carbocycles. The lowest BCUT2D eigenvalue weighted by Crippen LogP contribution is -2.52. The molecule has 0 bridgehead atoms. The number of hydrogen-bond acceptors (Lipinski definition) is 6. The number of nitrogens with zero attached hydrogens (tertiary/aromatic N) is 2. The molecule has 0 spiro atoms. The summed E-state index contributed by atoms with van der Waals surface area (Å²) in [6, 6.07) is 0. The van der Waals surface area contributed by atoms with Crippen LogP contribution in [0, 0.1) is 5.41 Å². The predicted molar refractivity (Wildman–Crippen MR) is 103 cm³/mol. The summed E-state index contributed by atoms with van der Waals surface area (Å²) in [6.45, 7) is 15.5. The standard InChI is InChI=1S/C18H35N2O5P/c1-11-12-18(26(22,23-9)24-10)13-20(15(21)25-17(5,6)7)14(19(18)8)16(2,3)4/h11,14H,1,12-13H2,2-10H3/t14-,18+/m0/s1. The van der Waals surface area contributed by atoms with E-state index in [2.05, 4.69) is 6.58 Å². The first kappa shape index (κ1) is 23.2. The van der Waals surface area contributed by atoms with Crippen LogP contribution >= 0.6 is 7.60 Å². The molecule has 152 valence electrons. The minimum absolute atomic E-state index is 0.158. The van der Waals surface area contributed by atoms with Gasteiger partial charge >= 0.3 is 13.7 Å². The highest BCUT2D eigenvalue weighted by Gasteiger charge is 2.63. The molecule has 8 heteroatoms. The van der Waals surface area contributed by atoms with E-state index < -0.39 is 24.6 Å². The van der Waals surface area contributed by atoms with Gasteiger partial charge in [-0.1, -0.05) is 26.8 Å². The van der Waals surface area contributed by atoms with Crippen LogP contribution < -0.4 is 0 Å². The van der Waals surface area contributed by atoms with Crippen LogP contribution in [0.2, 0.25) is 0 Å². The Hall–Kier alpha value is -0.880. The average Bonchev–Trinajstić information content (AvgIpc) is 2.80. The van der Waals surface area contributed by atoms with Crippen LogP contribution in [-0.2, 0) is 18.3 Å². The fraction of sp³-hybridized carbons (Fsp3) is 0.833.